The highest BCUT2D eigenvalue weighted by atomic mass is 16.7. The van der Waals surface area contributed by atoms with Crippen molar-refractivity contribution in [1.29, 1.82) is 0 Å². The summed E-state index contributed by atoms with van der Waals surface area (Å²) in [5.74, 6) is -0.182. The van der Waals surface area contributed by atoms with Gasteiger partial charge in [0.25, 0.3) is 0 Å². The summed E-state index contributed by atoms with van der Waals surface area (Å²) in [4.78, 5) is 13.1. The van der Waals surface area contributed by atoms with Gasteiger partial charge in [0, 0.05) is 6.42 Å². The summed E-state index contributed by atoms with van der Waals surface area (Å²) in [7, 11) is 0. The van der Waals surface area contributed by atoms with Gasteiger partial charge in [0.2, 0.25) is 5.91 Å². The van der Waals surface area contributed by atoms with Crippen molar-refractivity contribution < 1.29 is 39.8 Å². The molecule has 0 aromatic carbocycles. The molecule has 1 saturated heterocycles. The van der Waals surface area contributed by atoms with E-state index < -0.39 is 49.5 Å². The smallest absolute Gasteiger partial charge is 0.220 e. The Balaban J connectivity index is 2.16. The number of carbonyl (C=O) groups is 1. The lowest BCUT2D eigenvalue weighted by Gasteiger charge is -2.40. The van der Waals surface area contributed by atoms with Gasteiger partial charge in [-0.1, -0.05) is 313 Å². The highest BCUT2D eigenvalue weighted by molar-refractivity contribution is 5.76. The van der Waals surface area contributed by atoms with E-state index >= 15 is 0 Å². The van der Waals surface area contributed by atoms with Crippen LogP contribution in [-0.2, 0) is 14.3 Å². The van der Waals surface area contributed by atoms with E-state index in [2.05, 4.69) is 55.6 Å². The quantitative estimate of drug-likeness (QED) is 0.0261. The first kappa shape index (κ1) is 75.2. The third-order valence-corrected chi connectivity index (χ3v) is 16.4. The minimum atomic E-state index is -1.57. The Labute approximate surface area is 488 Å². The van der Waals surface area contributed by atoms with Crippen molar-refractivity contribution in [3.05, 3.63) is 48.6 Å². The van der Waals surface area contributed by atoms with Gasteiger partial charge in [0.15, 0.2) is 6.29 Å². The monoisotopic (exact) mass is 1110 g/mol. The molecule has 7 unspecified atom stereocenters. The fraction of sp³-hybridized carbons (Fsp3) is 0.871. The minimum absolute atomic E-state index is 0.182. The highest BCUT2D eigenvalue weighted by Gasteiger charge is 2.44. The molecule has 0 bridgehead atoms. The van der Waals surface area contributed by atoms with Crippen LogP contribution in [0.25, 0.3) is 0 Å². The molecule has 0 spiro atoms. The van der Waals surface area contributed by atoms with E-state index in [-0.39, 0.29) is 12.5 Å². The first-order valence-electron chi connectivity index (χ1n) is 34.4. The van der Waals surface area contributed by atoms with Gasteiger partial charge in [0.1, 0.15) is 24.4 Å². The standard InChI is InChI=1S/C70H131NO8/c1-3-5-7-9-11-13-15-17-19-21-23-25-27-29-31-32-34-35-37-39-41-43-45-47-49-51-53-55-57-59-64(73)63(62-78-70-69(77)68(76)67(75)65(61-72)79-70)71-66(74)60-58-56-54-52-50-48-46-44-42-40-38-36-33-30-28-26-24-22-20-18-16-14-12-10-8-6-4-2/h16,18,22,24,49,51,57,59,63-65,67-70,72-73,75-77H,3-15,17,19-21,23,25-48,50,52-56,58,60-62H2,1-2H3,(H,71,74)/b18-16-,24-22-,51-49+,59-57+. The van der Waals surface area contributed by atoms with Gasteiger partial charge in [-0.25, -0.2) is 0 Å². The summed E-state index contributed by atoms with van der Waals surface area (Å²) in [6, 6.07) is -0.824. The molecule has 6 N–H and O–H groups in total. The first-order valence-corrected chi connectivity index (χ1v) is 34.4. The maximum atomic E-state index is 13.1. The molecule has 0 saturated carbocycles. The van der Waals surface area contributed by atoms with Crippen LogP contribution in [0.3, 0.4) is 0 Å². The van der Waals surface area contributed by atoms with Crippen LogP contribution in [0.15, 0.2) is 48.6 Å². The van der Waals surface area contributed by atoms with Gasteiger partial charge in [-0.3, -0.25) is 4.79 Å². The fourth-order valence-corrected chi connectivity index (χ4v) is 11.0. The van der Waals surface area contributed by atoms with Crippen LogP contribution in [-0.4, -0.2) is 87.5 Å². The molecule has 464 valence electrons. The van der Waals surface area contributed by atoms with Crippen molar-refractivity contribution in [2.75, 3.05) is 13.2 Å². The fourth-order valence-electron chi connectivity index (χ4n) is 11.0. The molecule has 1 aliphatic rings. The number of allylic oxidation sites excluding steroid dienone is 7. The number of aliphatic hydroxyl groups excluding tert-OH is 5. The number of nitrogens with one attached hydrogen (secondary N) is 1. The van der Waals surface area contributed by atoms with Crippen molar-refractivity contribution >= 4 is 5.91 Å². The van der Waals surface area contributed by atoms with Crippen LogP contribution in [0.4, 0.5) is 0 Å². The number of ether oxygens (including phenoxy) is 2. The molecule has 79 heavy (non-hydrogen) atoms. The minimum Gasteiger partial charge on any atom is -0.394 e. The second-order valence-electron chi connectivity index (χ2n) is 24.0. The number of rotatable bonds is 60. The van der Waals surface area contributed by atoms with Crippen LogP contribution in [0.2, 0.25) is 0 Å². The molecular formula is C70H131NO8. The van der Waals surface area contributed by atoms with Crippen molar-refractivity contribution in [2.45, 2.75) is 378 Å². The van der Waals surface area contributed by atoms with E-state index in [9.17, 15) is 30.3 Å². The average Bonchev–Trinajstić information content (AvgIpc) is 3.47. The third-order valence-electron chi connectivity index (χ3n) is 16.4. The van der Waals surface area contributed by atoms with E-state index in [0.717, 1.165) is 44.9 Å². The van der Waals surface area contributed by atoms with Gasteiger partial charge >= 0.3 is 0 Å². The molecule has 7 atom stereocenters. The van der Waals surface area contributed by atoms with Gasteiger partial charge in [-0.15, -0.1) is 0 Å². The Kier molecular flexibility index (Phi) is 56.4. The molecule has 1 rings (SSSR count). The maximum absolute atomic E-state index is 13.1. The van der Waals surface area contributed by atoms with Crippen molar-refractivity contribution in [1.82, 2.24) is 5.32 Å². The second-order valence-corrected chi connectivity index (χ2v) is 24.0. The summed E-state index contributed by atoms with van der Waals surface area (Å²) >= 11 is 0. The predicted molar refractivity (Wildman–Crippen MR) is 336 cm³/mol. The second kappa shape index (κ2) is 59.3. The summed E-state index contributed by atoms with van der Waals surface area (Å²) in [5.41, 5.74) is 0. The lowest BCUT2D eigenvalue weighted by atomic mass is 9.99. The number of carbonyl (C=O) groups excluding carboxylic acids is 1. The molecule has 1 amide bonds. The van der Waals surface area contributed by atoms with Crippen molar-refractivity contribution in [2.24, 2.45) is 0 Å². The number of aliphatic hydroxyl groups is 5. The predicted octanol–water partition coefficient (Wildman–Crippen LogP) is 18.4. The Morgan fingerprint density at radius 3 is 1.14 bits per heavy atom. The number of unbranched alkanes of at least 4 members (excludes halogenated alkanes) is 44. The number of hydrogen-bond acceptors (Lipinski definition) is 8. The van der Waals surface area contributed by atoms with E-state index in [1.807, 2.05) is 6.08 Å². The molecule has 0 aromatic rings. The molecular weight excluding hydrogens is 983 g/mol. The average molecular weight is 1110 g/mol. The van der Waals surface area contributed by atoms with E-state index in [4.69, 9.17) is 9.47 Å². The first-order chi connectivity index (χ1) is 38.8. The van der Waals surface area contributed by atoms with Gasteiger partial charge in [-0.05, 0) is 64.2 Å². The SMILES string of the molecule is CCCCCCC/C=C\C/C=C\CCCCCCCCCCCCCCCCCC(=O)NC(COC1OC(CO)C(O)C(O)C1O)C(O)/C=C/CC/C=C/CCCCCCCCCCCCCCCCCCCCCCCCC. The number of hydrogen-bond donors (Lipinski definition) is 6. The third kappa shape index (κ3) is 48.3. The highest BCUT2D eigenvalue weighted by Crippen LogP contribution is 2.23. The molecule has 0 aliphatic carbocycles. The van der Waals surface area contributed by atoms with Gasteiger partial charge in [-0.2, -0.15) is 0 Å². The zero-order valence-electron chi connectivity index (χ0n) is 51.9. The van der Waals surface area contributed by atoms with Crippen LogP contribution in [0, 0.1) is 0 Å². The molecule has 0 radical (unpaired) electrons. The largest absolute Gasteiger partial charge is 0.394 e. The molecule has 9 nitrogen and oxygen atoms in total. The zero-order valence-corrected chi connectivity index (χ0v) is 51.9. The normalized spacial score (nSPS) is 18.8. The van der Waals surface area contributed by atoms with Crippen LogP contribution in [0.5, 0.6) is 0 Å². The topological polar surface area (TPSA) is 149 Å². The lowest BCUT2D eigenvalue weighted by Crippen LogP contribution is -2.60. The lowest BCUT2D eigenvalue weighted by molar-refractivity contribution is -0.302. The molecule has 1 fully saturated rings. The van der Waals surface area contributed by atoms with Crippen LogP contribution >= 0.6 is 0 Å². The summed E-state index contributed by atoms with van der Waals surface area (Å²) in [6.45, 7) is 3.80. The van der Waals surface area contributed by atoms with Crippen molar-refractivity contribution in [3.8, 4) is 0 Å². The van der Waals surface area contributed by atoms with Crippen molar-refractivity contribution in [3.63, 3.8) is 0 Å². The summed E-state index contributed by atoms with van der Waals surface area (Å²) < 4.78 is 11.3. The summed E-state index contributed by atoms with van der Waals surface area (Å²) in [5, 5.41) is 54.7. The Morgan fingerprint density at radius 1 is 0.430 bits per heavy atom. The Bertz CT molecular complexity index is 1380. The van der Waals surface area contributed by atoms with Gasteiger partial charge < -0.3 is 40.3 Å². The van der Waals surface area contributed by atoms with E-state index in [1.165, 1.54) is 270 Å². The molecule has 1 aliphatic heterocycles. The maximum Gasteiger partial charge on any atom is 0.220 e. The molecule has 9 heteroatoms. The van der Waals surface area contributed by atoms with E-state index in [1.54, 1.807) is 6.08 Å². The Morgan fingerprint density at radius 2 is 0.759 bits per heavy atom. The molecule has 1 heterocycles. The van der Waals surface area contributed by atoms with Crippen LogP contribution in [0.1, 0.15) is 335 Å². The summed E-state index contributed by atoms with van der Waals surface area (Å²) in [6.07, 6.45) is 73.6. The Hall–Kier alpha value is -1.85. The van der Waals surface area contributed by atoms with E-state index in [0.29, 0.717) is 6.42 Å². The molecule has 0 aromatic heterocycles. The van der Waals surface area contributed by atoms with Gasteiger partial charge in [0.05, 0.1) is 25.4 Å². The van der Waals surface area contributed by atoms with Crippen LogP contribution < -0.4 is 5.32 Å². The number of amides is 1. The zero-order chi connectivity index (χ0) is 57.2.